The minimum absolute atomic E-state index is 0.190. The van der Waals surface area contributed by atoms with Crippen molar-refractivity contribution in [2.24, 2.45) is 0 Å². The van der Waals surface area contributed by atoms with E-state index in [1.165, 1.54) is 11.1 Å². The van der Waals surface area contributed by atoms with Gasteiger partial charge in [-0.2, -0.15) is 0 Å². The van der Waals surface area contributed by atoms with Crippen LogP contribution in [0.5, 0.6) is 0 Å². The third kappa shape index (κ3) is 8.42. The predicted molar refractivity (Wildman–Crippen MR) is 365 cm³/mol. The second kappa shape index (κ2) is 20.5. The van der Waals surface area contributed by atoms with Crippen LogP contribution in [-0.4, -0.2) is 16.8 Å². The molecule has 0 unspecified atom stereocenters. The van der Waals surface area contributed by atoms with E-state index >= 15 is 0 Å². The van der Waals surface area contributed by atoms with E-state index in [0.717, 1.165) is 113 Å². The standard InChI is InChI=1S/C78H60N6O4S2/c1-77(2)61-21-5-11-27-67(61)81(68-28-12-6-22-62(68)77)51-35-43-55(44-36-51)89(85,86)56-45-37-52(38-46-56)82-69-29-13-7-23-63(69)78(3,4)75-59(19-17-33-73(75)82)60-20-18-34-74-76(60)80-66-26-10-16-32-72(66)84(74)54-41-49-58(50-42-54)90(87,88)57-47-39-53(40-48-57)83-70-30-14-8-24-64(70)79-65-25-9-15-31-71(65)83/h5-50,79-80H,1-4H3. The van der Waals surface area contributed by atoms with Crippen LogP contribution in [0.15, 0.2) is 299 Å². The zero-order valence-electron chi connectivity index (χ0n) is 49.8. The van der Waals surface area contributed by atoms with E-state index in [4.69, 9.17) is 0 Å². The van der Waals surface area contributed by atoms with Gasteiger partial charge in [0.25, 0.3) is 0 Å². The Bertz CT molecular complexity index is 5030. The third-order valence-electron chi connectivity index (χ3n) is 18.5. The van der Waals surface area contributed by atoms with E-state index in [2.05, 4.69) is 191 Å². The molecular formula is C78H60N6O4S2. The average molecular weight is 1210 g/mol. The van der Waals surface area contributed by atoms with Crippen molar-refractivity contribution in [3.8, 4) is 11.1 Å². The second-order valence-corrected chi connectivity index (χ2v) is 28.2. The van der Waals surface area contributed by atoms with Crippen LogP contribution in [0.4, 0.5) is 91.0 Å². The first-order valence-electron chi connectivity index (χ1n) is 30.2. The molecule has 0 fully saturated rings. The number of benzene rings is 12. The van der Waals surface area contributed by atoms with Crippen molar-refractivity contribution < 1.29 is 16.8 Å². The number of rotatable bonds is 9. The molecule has 90 heavy (non-hydrogen) atoms. The second-order valence-electron chi connectivity index (χ2n) is 24.3. The van der Waals surface area contributed by atoms with Crippen molar-refractivity contribution in [2.75, 3.05) is 30.2 Å². The molecule has 0 saturated heterocycles. The van der Waals surface area contributed by atoms with E-state index in [-0.39, 0.29) is 25.0 Å². The molecule has 438 valence electrons. The maximum absolute atomic E-state index is 14.6. The van der Waals surface area contributed by atoms with Gasteiger partial charge in [-0.15, -0.1) is 0 Å². The molecule has 2 N–H and O–H groups in total. The maximum Gasteiger partial charge on any atom is 0.206 e. The molecule has 12 aromatic carbocycles. The van der Waals surface area contributed by atoms with Gasteiger partial charge in [-0.1, -0.05) is 143 Å². The molecule has 0 bridgehead atoms. The number of anilines is 16. The molecule has 10 nitrogen and oxygen atoms in total. The first-order chi connectivity index (χ1) is 43.7. The Kier molecular flexibility index (Phi) is 12.4. The molecule has 12 heteroatoms. The molecule has 0 aliphatic carbocycles. The van der Waals surface area contributed by atoms with Crippen molar-refractivity contribution in [3.05, 3.63) is 301 Å². The van der Waals surface area contributed by atoms with Crippen LogP contribution < -0.4 is 30.2 Å². The van der Waals surface area contributed by atoms with E-state index in [9.17, 15) is 16.8 Å². The van der Waals surface area contributed by atoms with Crippen LogP contribution >= 0.6 is 0 Å². The smallest absolute Gasteiger partial charge is 0.206 e. The first kappa shape index (κ1) is 54.7. The van der Waals surface area contributed by atoms with Gasteiger partial charge in [0.2, 0.25) is 19.7 Å². The quantitative estimate of drug-likeness (QED) is 0.145. The fourth-order valence-electron chi connectivity index (χ4n) is 14.2. The maximum atomic E-state index is 14.6. The highest BCUT2D eigenvalue weighted by molar-refractivity contribution is 7.91. The van der Waals surface area contributed by atoms with Crippen molar-refractivity contribution in [1.29, 1.82) is 0 Å². The van der Waals surface area contributed by atoms with Gasteiger partial charge in [-0.05, 0) is 192 Å². The van der Waals surface area contributed by atoms with Crippen LogP contribution in [-0.2, 0) is 30.5 Å². The molecule has 0 atom stereocenters. The summed E-state index contributed by atoms with van der Waals surface area (Å²) in [5.74, 6) is 0. The summed E-state index contributed by atoms with van der Waals surface area (Å²) < 4.78 is 58.3. The van der Waals surface area contributed by atoms with Gasteiger partial charge < -0.3 is 30.2 Å². The van der Waals surface area contributed by atoms with Crippen LogP contribution in [0.3, 0.4) is 0 Å². The molecule has 4 heterocycles. The Morgan fingerprint density at radius 3 is 0.967 bits per heavy atom. The molecule has 0 radical (unpaired) electrons. The minimum atomic E-state index is -3.93. The summed E-state index contributed by atoms with van der Waals surface area (Å²) in [6.07, 6.45) is 0. The van der Waals surface area contributed by atoms with E-state index in [1.54, 1.807) is 48.5 Å². The van der Waals surface area contributed by atoms with Gasteiger partial charge >= 0.3 is 0 Å². The molecular weight excluding hydrogens is 1150 g/mol. The minimum Gasteiger partial charge on any atom is -0.352 e. The lowest BCUT2D eigenvalue weighted by Crippen LogP contribution is -2.31. The molecule has 0 spiro atoms. The van der Waals surface area contributed by atoms with Crippen LogP contribution in [0, 0.1) is 0 Å². The topological polar surface area (TPSA) is 105 Å². The SMILES string of the molecule is CC1(C)c2ccccc2N(c2ccc(S(=O)(=O)c3ccc(N4c5ccccc5C(C)(C)c5c(-c6cccc7c6Nc6ccccc6N7c6ccc(S(=O)(=O)c7ccc(N8c9ccccc9Nc9ccccc98)cc7)cc6)cccc54)cc3)cc2)c2ccccc21. The summed E-state index contributed by atoms with van der Waals surface area (Å²) in [5, 5.41) is 7.38. The summed E-state index contributed by atoms with van der Waals surface area (Å²) in [7, 11) is -7.85. The lowest BCUT2D eigenvalue weighted by atomic mass is 9.70. The largest absolute Gasteiger partial charge is 0.352 e. The Morgan fingerprint density at radius 2 is 0.556 bits per heavy atom. The summed E-state index contributed by atoms with van der Waals surface area (Å²) in [5.41, 5.74) is 20.9. The highest BCUT2D eigenvalue weighted by Gasteiger charge is 2.41. The number of hydrogen-bond acceptors (Lipinski definition) is 10. The summed E-state index contributed by atoms with van der Waals surface area (Å²) in [6.45, 7) is 9.05. The number of para-hydroxylation sites is 10. The van der Waals surface area contributed by atoms with Gasteiger partial charge in [0.05, 0.1) is 87.8 Å². The van der Waals surface area contributed by atoms with Crippen molar-refractivity contribution in [2.45, 2.75) is 58.1 Å². The van der Waals surface area contributed by atoms with E-state index in [0.29, 0.717) is 0 Å². The van der Waals surface area contributed by atoms with Gasteiger partial charge in [0.15, 0.2) is 0 Å². The highest BCUT2D eigenvalue weighted by Crippen LogP contribution is 2.59. The van der Waals surface area contributed by atoms with Gasteiger partial charge in [-0.3, -0.25) is 0 Å². The van der Waals surface area contributed by atoms with Crippen LogP contribution in [0.1, 0.15) is 49.9 Å². The molecule has 4 aliphatic rings. The molecule has 0 saturated carbocycles. The molecule has 0 aromatic heterocycles. The van der Waals surface area contributed by atoms with Gasteiger partial charge in [0, 0.05) is 39.1 Å². The normalized spacial score (nSPS) is 14.7. The number of fused-ring (bicyclic) bond motifs is 8. The lowest BCUT2D eigenvalue weighted by molar-refractivity contribution is 0.594. The highest BCUT2D eigenvalue weighted by atomic mass is 32.2. The van der Waals surface area contributed by atoms with E-state index in [1.807, 2.05) is 97.1 Å². The summed E-state index contributed by atoms with van der Waals surface area (Å²) in [6, 6.07) is 91.3. The number of nitrogens with zero attached hydrogens (tertiary/aromatic N) is 4. The molecule has 4 aliphatic heterocycles. The van der Waals surface area contributed by atoms with Crippen molar-refractivity contribution in [3.63, 3.8) is 0 Å². The zero-order valence-corrected chi connectivity index (χ0v) is 51.4. The first-order valence-corrected chi connectivity index (χ1v) is 33.1. The van der Waals surface area contributed by atoms with E-state index < -0.39 is 25.1 Å². The Labute approximate surface area is 525 Å². The number of nitrogens with one attached hydrogen (secondary N) is 2. The van der Waals surface area contributed by atoms with Gasteiger partial charge in [-0.25, -0.2) is 16.8 Å². The Morgan fingerprint density at radius 1 is 0.267 bits per heavy atom. The fraction of sp³-hybridized carbons (Fsp3) is 0.0769. The molecule has 12 aromatic rings. The third-order valence-corrected chi connectivity index (χ3v) is 22.1. The van der Waals surface area contributed by atoms with Crippen molar-refractivity contribution >= 4 is 111 Å². The van der Waals surface area contributed by atoms with Crippen molar-refractivity contribution in [1.82, 2.24) is 0 Å². The van der Waals surface area contributed by atoms with Crippen LogP contribution in [0.2, 0.25) is 0 Å². The van der Waals surface area contributed by atoms with Crippen LogP contribution in [0.25, 0.3) is 11.1 Å². The average Bonchev–Trinajstić information content (AvgIpc) is 0.751. The van der Waals surface area contributed by atoms with Gasteiger partial charge in [0.1, 0.15) is 0 Å². The predicted octanol–water partition coefficient (Wildman–Crippen LogP) is 20.3. The summed E-state index contributed by atoms with van der Waals surface area (Å²) in [4.78, 5) is 9.62. The molecule has 0 amide bonds. The Balaban J connectivity index is 0.720. The summed E-state index contributed by atoms with van der Waals surface area (Å²) >= 11 is 0. The molecule has 16 rings (SSSR count). The monoisotopic (exact) mass is 1210 g/mol. The number of sulfone groups is 2. The lowest BCUT2D eigenvalue weighted by Gasteiger charge is -2.43. The zero-order chi connectivity index (χ0) is 61.3. The number of hydrogen-bond donors (Lipinski definition) is 2. The Hall–Kier alpha value is -10.7. The fourth-order valence-corrected chi connectivity index (χ4v) is 16.7.